The molecule has 106 valence electrons. The average Bonchev–Trinajstić information content (AvgIpc) is 2.46. The molecule has 0 aromatic heterocycles. The lowest BCUT2D eigenvalue weighted by Gasteiger charge is -2.18. The summed E-state index contributed by atoms with van der Waals surface area (Å²) < 4.78 is 11.4. The van der Waals surface area contributed by atoms with Crippen molar-refractivity contribution < 1.29 is 14.6 Å². The Balaban J connectivity index is 2.53. The smallest absolute Gasteiger partial charge is 0.133 e. The molecule has 0 aliphatic rings. The van der Waals surface area contributed by atoms with E-state index < -0.39 is 6.10 Å². The summed E-state index contributed by atoms with van der Waals surface area (Å²) in [5.74, 6) is 1.28. The largest absolute Gasteiger partial charge is 0.496 e. The summed E-state index contributed by atoms with van der Waals surface area (Å²) in [5.41, 5.74) is 2.57. The van der Waals surface area contributed by atoms with Gasteiger partial charge in [-0.3, -0.25) is 0 Å². The first-order chi connectivity index (χ1) is 9.58. The first kappa shape index (κ1) is 14.9. The zero-order valence-electron chi connectivity index (χ0n) is 11.7. The zero-order valence-corrected chi connectivity index (χ0v) is 13.3. The number of aliphatic hydroxyl groups is 1. The first-order valence-electron chi connectivity index (χ1n) is 6.23. The summed E-state index contributed by atoms with van der Waals surface area (Å²) in [4.78, 5) is 0. The summed E-state index contributed by atoms with van der Waals surface area (Å²) in [6.45, 7) is 1.97. The molecule has 2 rings (SSSR count). The highest BCUT2D eigenvalue weighted by atomic mass is 79.9. The van der Waals surface area contributed by atoms with E-state index in [1.807, 2.05) is 31.2 Å². The number of rotatable bonds is 4. The second kappa shape index (κ2) is 6.29. The third-order valence-electron chi connectivity index (χ3n) is 3.28. The highest BCUT2D eigenvalue weighted by Gasteiger charge is 2.19. The molecule has 0 saturated heterocycles. The highest BCUT2D eigenvalue weighted by Crippen LogP contribution is 2.38. The standard InChI is InChI=1S/C16H17BrO3/c1-10-6-4-5-7-11(10)16(18)12-8-15(20-3)13(17)9-14(12)19-2/h4-9,16,18H,1-3H3. The van der Waals surface area contributed by atoms with Crippen molar-refractivity contribution in [1.29, 1.82) is 0 Å². The van der Waals surface area contributed by atoms with E-state index >= 15 is 0 Å². The number of aliphatic hydroxyl groups excluding tert-OH is 1. The molecule has 1 N–H and O–H groups in total. The summed E-state index contributed by atoms with van der Waals surface area (Å²) >= 11 is 3.42. The fourth-order valence-electron chi connectivity index (χ4n) is 2.16. The van der Waals surface area contributed by atoms with Gasteiger partial charge in [-0.2, -0.15) is 0 Å². The van der Waals surface area contributed by atoms with Crippen LogP contribution in [0, 0.1) is 6.92 Å². The van der Waals surface area contributed by atoms with E-state index in [0.29, 0.717) is 17.1 Å². The molecule has 0 spiro atoms. The number of aryl methyl sites for hydroxylation is 1. The molecule has 4 heteroatoms. The lowest BCUT2D eigenvalue weighted by molar-refractivity contribution is 0.213. The Morgan fingerprint density at radius 1 is 1.00 bits per heavy atom. The van der Waals surface area contributed by atoms with Crippen molar-refractivity contribution in [1.82, 2.24) is 0 Å². The van der Waals surface area contributed by atoms with E-state index in [1.54, 1.807) is 26.4 Å². The SMILES string of the molecule is COc1cc(C(O)c2ccccc2C)c(OC)cc1Br. The minimum absolute atomic E-state index is 0.619. The molecule has 2 aromatic rings. The maximum atomic E-state index is 10.6. The summed E-state index contributed by atoms with van der Waals surface area (Å²) in [5, 5.41) is 10.6. The van der Waals surface area contributed by atoms with Crippen LogP contribution in [0.4, 0.5) is 0 Å². The number of halogens is 1. The van der Waals surface area contributed by atoms with E-state index in [4.69, 9.17) is 9.47 Å². The van der Waals surface area contributed by atoms with Crippen molar-refractivity contribution in [3.05, 3.63) is 57.6 Å². The second-order valence-electron chi connectivity index (χ2n) is 4.49. The molecule has 3 nitrogen and oxygen atoms in total. The number of methoxy groups -OCH3 is 2. The van der Waals surface area contributed by atoms with Crippen LogP contribution < -0.4 is 9.47 Å². The van der Waals surface area contributed by atoms with Crippen molar-refractivity contribution in [2.45, 2.75) is 13.0 Å². The predicted octanol–water partition coefficient (Wildman–Crippen LogP) is 3.86. The van der Waals surface area contributed by atoms with E-state index in [0.717, 1.165) is 15.6 Å². The van der Waals surface area contributed by atoms with Crippen molar-refractivity contribution in [2.24, 2.45) is 0 Å². The van der Waals surface area contributed by atoms with Crippen LogP contribution in [0.2, 0.25) is 0 Å². The molecule has 0 aliphatic heterocycles. The maximum absolute atomic E-state index is 10.6. The van der Waals surface area contributed by atoms with Crippen LogP contribution in [0.5, 0.6) is 11.5 Å². The molecule has 2 aromatic carbocycles. The van der Waals surface area contributed by atoms with Gasteiger partial charge in [0.2, 0.25) is 0 Å². The number of hydrogen-bond acceptors (Lipinski definition) is 3. The van der Waals surface area contributed by atoms with Gasteiger partial charge in [-0.15, -0.1) is 0 Å². The van der Waals surface area contributed by atoms with Gasteiger partial charge in [0.15, 0.2) is 0 Å². The lowest BCUT2D eigenvalue weighted by Crippen LogP contribution is -2.05. The zero-order chi connectivity index (χ0) is 14.7. The fraction of sp³-hybridized carbons (Fsp3) is 0.250. The van der Waals surface area contributed by atoms with E-state index in [-0.39, 0.29) is 0 Å². The van der Waals surface area contributed by atoms with E-state index in [1.165, 1.54) is 0 Å². The third kappa shape index (κ3) is 2.81. The van der Waals surface area contributed by atoms with Gasteiger partial charge >= 0.3 is 0 Å². The normalized spacial score (nSPS) is 12.1. The van der Waals surface area contributed by atoms with Crippen LogP contribution in [0.3, 0.4) is 0 Å². The van der Waals surface area contributed by atoms with Gasteiger partial charge < -0.3 is 14.6 Å². The van der Waals surface area contributed by atoms with Gasteiger partial charge in [0, 0.05) is 5.56 Å². The number of ether oxygens (including phenoxy) is 2. The molecule has 0 saturated carbocycles. The van der Waals surface area contributed by atoms with Gasteiger partial charge in [0.25, 0.3) is 0 Å². The molecule has 0 aliphatic carbocycles. The van der Waals surface area contributed by atoms with Crippen LogP contribution in [0.15, 0.2) is 40.9 Å². The van der Waals surface area contributed by atoms with Gasteiger partial charge in [0.1, 0.15) is 17.6 Å². The molecule has 0 amide bonds. The quantitative estimate of drug-likeness (QED) is 0.921. The van der Waals surface area contributed by atoms with Gasteiger partial charge in [-0.1, -0.05) is 24.3 Å². The Labute approximate surface area is 127 Å². The molecule has 20 heavy (non-hydrogen) atoms. The van der Waals surface area contributed by atoms with Crippen LogP contribution in [0.1, 0.15) is 22.8 Å². The molecule has 1 atom stereocenters. The van der Waals surface area contributed by atoms with Crippen LogP contribution in [0.25, 0.3) is 0 Å². The molecule has 0 bridgehead atoms. The molecular formula is C16H17BrO3. The van der Waals surface area contributed by atoms with Crippen molar-refractivity contribution >= 4 is 15.9 Å². The molecular weight excluding hydrogens is 320 g/mol. The molecule has 0 heterocycles. The van der Waals surface area contributed by atoms with Crippen molar-refractivity contribution in [2.75, 3.05) is 14.2 Å². The predicted molar refractivity (Wildman–Crippen MR) is 82.5 cm³/mol. The average molecular weight is 337 g/mol. The molecule has 1 unspecified atom stereocenters. The Morgan fingerprint density at radius 2 is 1.65 bits per heavy atom. The first-order valence-corrected chi connectivity index (χ1v) is 7.02. The van der Waals surface area contributed by atoms with E-state index in [2.05, 4.69) is 15.9 Å². The number of benzene rings is 2. The Kier molecular flexibility index (Phi) is 4.68. The Hall–Kier alpha value is -1.52. The van der Waals surface area contributed by atoms with Crippen LogP contribution >= 0.6 is 15.9 Å². The minimum atomic E-state index is -0.756. The van der Waals surface area contributed by atoms with Gasteiger partial charge in [-0.05, 0) is 46.1 Å². The molecule has 0 fully saturated rings. The Bertz CT molecular complexity index is 611. The van der Waals surface area contributed by atoms with Crippen LogP contribution in [-0.2, 0) is 0 Å². The van der Waals surface area contributed by atoms with Crippen LogP contribution in [-0.4, -0.2) is 19.3 Å². The third-order valence-corrected chi connectivity index (χ3v) is 3.90. The Morgan fingerprint density at radius 3 is 2.25 bits per heavy atom. The second-order valence-corrected chi connectivity index (χ2v) is 5.34. The minimum Gasteiger partial charge on any atom is -0.496 e. The maximum Gasteiger partial charge on any atom is 0.133 e. The van der Waals surface area contributed by atoms with Gasteiger partial charge in [0.05, 0.1) is 18.7 Å². The fourth-order valence-corrected chi connectivity index (χ4v) is 2.64. The van der Waals surface area contributed by atoms with Gasteiger partial charge in [-0.25, -0.2) is 0 Å². The monoisotopic (exact) mass is 336 g/mol. The summed E-state index contributed by atoms with van der Waals surface area (Å²) in [6.07, 6.45) is -0.756. The highest BCUT2D eigenvalue weighted by molar-refractivity contribution is 9.10. The van der Waals surface area contributed by atoms with Crippen molar-refractivity contribution in [3.63, 3.8) is 0 Å². The summed E-state index contributed by atoms with van der Waals surface area (Å²) in [6, 6.07) is 11.3. The van der Waals surface area contributed by atoms with E-state index in [9.17, 15) is 5.11 Å². The molecule has 0 radical (unpaired) electrons. The van der Waals surface area contributed by atoms with Crippen molar-refractivity contribution in [3.8, 4) is 11.5 Å². The summed E-state index contributed by atoms with van der Waals surface area (Å²) in [7, 11) is 3.18. The lowest BCUT2D eigenvalue weighted by atomic mass is 9.96. The number of hydrogen-bond donors (Lipinski definition) is 1. The topological polar surface area (TPSA) is 38.7 Å².